The van der Waals surface area contributed by atoms with Gasteiger partial charge in [-0.25, -0.2) is 0 Å². The SMILES string of the molecule is O=C(CN1C(=O)/C(=C/c2ccc(C(F)(F)F)cc2)Sc2ccccc21)N1CCCC1. The molecule has 0 aromatic heterocycles. The average Bonchev–Trinajstić information content (AvgIpc) is 3.26. The van der Waals surface area contributed by atoms with E-state index in [2.05, 4.69) is 0 Å². The minimum absolute atomic E-state index is 0.0548. The van der Waals surface area contributed by atoms with Crippen LogP contribution in [-0.2, 0) is 15.8 Å². The highest BCUT2D eigenvalue weighted by molar-refractivity contribution is 8.04. The smallest absolute Gasteiger partial charge is 0.341 e. The van der Waals surface area contributed by atoms with Gasteiger partial charge in [0.15, 0.2) is 0 Å². The number of para-hydroxylation sites is 1. The van der Waals surface area contributed by atoms with Crippen LogP contribution in [0.5, 0.6) is 0 Å². The molecule has 4 nitrogen and oxygen atoms in total. The van der Waals surface area contributed by atoms with E-state index in [4.69, 9.17) is 0 Å². The number of likely N-dealkylation sites (tertiary alicyclic amines) is 1. The molecular formula is C22H19F3N2O2S. The van der Waals surface area contributed by atoms with E-state index in [1.165, 1.54) is 28.8 Å². The molecule has 4 rings (SSSR count). The summed E-state index contributed by atoms with van der Waals surface area (Å²) < 4.78 is 38.4. The van der Waals surface area contributed by atoms with Crippen LogP contribution in [0, 0.1) is 0 Å². The maximum Gasteiger partial charge on any atom is 0.416 e. The first-order chi connectivity index (χ1) is 14.3. The van der Waals surface area contributed by atoms with Crippen molar-refractivity contribution in [3.05, 3.63) is 64.6 Å². The summed E-state index contributed by atoms with van der Waals surface area (Å²) in [5.74, 6) is -0.428. The Bertz CT molecular complexity index is 996. The summed E-state index contributed by atoms with van der Waals surface area (Å²) in [7, 11) is 0. The van der Waals surface area contributed by atoms with Crippen LogP contribution in [-0.4, -0.2) is 36.3 Å². The lowest BCUT2D eigenvalue weighted by molar-refractivity contribution is -0.137. The Morgan fingerprint density at radius 1 is 1.03 bits per heavy atom. The van der Waals surface area contributed by atoms with E-state index in [1.54, 1.807) is 17.0 Å². The molecule has 2 aliphatic heterocycles. The molecule has 0 aliphatic carbocycles. The lowest BCUT2D eigenvalue weighted by Crippen LogP contribution is -2.43. The molecule has 2 aliphatic rings. The zero-order valence-electron chi connectivity index (χ0n) is 16.0. The van der Waals surface area contributed by atoms with Gasteiger partial charge in [-0.05, 0) is 48.7 Å². The molecule has 156 valence electrons. The number of fused-ring (bicyclic) bond motifs is 1. The molecule has 8 heteroatoms. The molecule has 0 unspecified atom stereocenters. The highest BCUT2D eigenvalue weighted by Gasteiger charge is 2.33. The van der Waals surface area contributed by atoms with Crippen LogP contribution in [0.15, 0.2) is 58.3 Å². The summed E-state index contributed by atoms with van der Waals surface area (Å²) in [4.78, 5) is 30.2. The number of rotatable bonds is 3. The quantitative estimate of drug-likeness (QED) is 0.654. The highest BCUT2D eigenvalue weighted by atomic mass is 32.2. The Kier molecular flexibility index (Phi) is 5.60. The van der Waals surface area contributed by atoms with Crippen LogP contribution in [0.25, 0.3) is 6.08 Å². The molecule has 0 atom stereocenters. The Hall–Kier alpha value is -2.74. The lowest BCUT2D eigenvalue weighted by atomic mass is 10.1. The van der Waals surface area contributed by atoms with E-state index < -0.39 is 11.7 Å². The number of hydrogen-bond acceptors (Lipinski definition) is 3. The van der Waals surface area contributed by atoms with Crippen LogP contribution < -0.4 is 4.90 Å². The van der Waals surface area contributed by atoms with E-state index >= 15 is 0 Å². The highest BCUT2D eigenvalue weighted by Crippen LogP contribution is 2.42. The monoisotopic (exact) mass is 432 g/mol. The van der Waals surface area contributed by atoms with Crippen LogP contribution in [0.2, 0.25) is 0 Å². The molecule has 30 heavy (non-hydrogen) atoms. The van der Waals surface area contributed by atoms with E-state index in [9.17, 15) is 22.8 Å². The second kappa shape index (κ2) is 8.18. The van der Waals surface area contributed by atoms with Crippen molar-refractivity contribution in [3.63, 3.8) is 0 Å². The van der Waals surface area contributed by atoms with E-state index in [-0.39, 0.29) is 18.4 Å². The number of nitrogens with zero attached hydrogens (tertiary/aromatic N) is 2. The van der Waals surface area contributed by atoms with Crippen molar-refractivity contribution in [2.45, 2.75) is 23.9 Å². The zero-order valence-corrected chi connectivity index (χ0v) is 16.8. The van der Waals surface area contributed by atoms with Crippen molar-refractivity contribution in [1.29, 1.82) is 0 Å². The van der Waals surface area contributed by atoms with E-state index in [0.29, 0.717) is 29.2 Å². The third kappa shape index (κ3) is 4.23. The van der Waals surface area contributed by atoms with E-state index in [0.717, 1.165) is 29.9 Å². The van der Waals surface area contributed by atoms with Crippen LogP contribution in [0.1, 0.15) is 24.0 Å². The normalized spacial score (nSPS) is 18.1. The number of carbonyl (C=O) groups excluding carboxylic acids is 2. The Morgan fingerprint density at radius 3 is 2.37 bits per heavy atom. The fraction of sp³-hybridized carbons (Fsp3) is 0.273. The van der Waals surface area contributed by atoms with Gasteiger partial charge in [-0.3, -0.25) is 14.5 Å². The molecule has 2 aromatic rings. The number of hydrogen-bond donors (Lipinski definition) is 0. The summed E-state index contributed by atoms with van der Waals surface area (Å²) in [5.41, 5.74) is 0.420. The predicted molar refractivity (Wildman–Crippen MR) is 110 cm³/mol. The number of thioether (sulfide) groups is 1. The van der Waals surface area contributed by atoms with Gasteiger partial charge in [0.1, 0.15) is 6.54 Å². The molecule has 0 bridgehead atoms. The standard InChI is InChI=1S/C22H19F3N2O2S/c23-22(24,25)16-9-7-15(8-10-16)13-19-21(29)27(14-20(28)26-11-3-4-12-26)17-5-1-2-6-18(17)30-19/h1-2,5-10,13H,3-4,11-12,14H2/b19-13-. The Balaban J connectivity index is 1.63. The summed E-state index contributed by atoms with van der Waals surface area (Å²) in [5, 5.41) is 0. The number of carbonyl (C=O) groups is 2. The topological polar surface area (TPSA) is 40.6 Å². The maximum atomic E-state index is 13.2. The average molecular weight is 432 g/mol. The first-order valence-corrected chi connectivity index (χ1v) is 10.4. The Labute approximate surface area is 176 Å². The van der Waals surface area contributed by atoms with Gasteiger partial charge in [-0.1, -0.05) is 36.0 Å². The predicted octanol–water partition coefficient (Wildman–Crippen LogP) is 4.81. The van der Waals surface area contributed by atoms with Crippen molar-refractivity contribution in [2.24, 2.45) is 0 Å². The molecule has 0 N–H and O–H groups in total. The fourth-order valence-corrected chi connectivity index (χ4v) is 4.60. The van der Waals surface area contributed by atoms with Crippen molar-refractivity contribution in [1.82, 2.24) is 4.90 Å². The van der Waals surface area contributed by atoms with Crippen LogP contribution in [0.3, 0.4) is 0 Å². The number of amides is 2. The van der Waals surface area contributed by atoms with Gasteiger partial charge in [0, 0.05) is 18.0 Å². The molecule has 1 saturated heterocycles. The van der Waals surface area contributed by atoms with Crippen molar-refractivity contribution < 1.29 is 22.8 Å². The Morgan fingerprint density at radius 2 is 1.70 bits per heavy atom. The number of benzene rings is 2. The van der Waals surface area contributed by atoms with Gasteiger partial charge in [0.2, 0.25) is 5.91 Å². The zero-order chi connectivity index (χ0) is 21.3. The first-order valence-electron chi connectivity index (χ1n) is 9.58. The van der Waals surface area contributed by atoms with Gasteiger partial charge in [-0.2, -0.15) is 13.2 Å². The van der Waals surface area contributed by atoms with Crippen LogP contribution >= 0.6 is 11.8 Å². The molecule has 0 saturated carbocycles. The summed E-state index contributed by atoms with van der Waals surface area (Å²) in [6, 6.07) is 12.0. The van der Waals surface area contributed by atoms with E-state index in [1.807, 2.05) is 18.2 Å². The van der Waals surface area contributed by atoms with Crippen LogP contribution in [0.4, 0.5) is 18.9 Å². The molecule has 1 fully saturated rings. The van der Waals surface area contributed by atoms with Gasteiger partial charge >= 0.3 is 6.18 Å². The molecule has 0 spiro atoms. The number of alkyl halides is 3. The van der Waals surface area contributed by atoms with Crippen molar-refractivity contribution >= 4 is 35.3 Å². The third-order valence-corrected chi connectivity index (χ3v) is 6.20. The molecule has 2 heterocycles. The van der Waals surface area contributed by atoms with Gasteiger partial charge in [-0.15, -0.1) is 0 Å². The molecular weight excluding hydrogens is 413 g/mol. The summed E-state index contributed by atoms with van der Waals surface area (Å²) in [6.45, 7) is 1.35. The second-order valence-electron chi connectivity index (χ2n) is 7.18. The first kappa shape index (κ1) is 20.5. The third-order valence-electron chi connectivity index (χ3n) is 5.12. The van der Waals surface area contributed by atoms with Crippen molar-refractivity contribution in [3.8, 4) is 0 Å². The second-order valence-corrected chi connectivity index (χ2v) is 8.26. The number of halogens is 3. The molecule has 2 amide bonds. The lowest BCUT2D eigenvalue weighted by Gasteiger charge is -2.31. The van der Waals surface area contributed by atoms with Gasteiger partial charge in [0.05, 0.1) is 16.2 Å². The number of anilines is 1. The van der Waals surface area contributed by atoms with Crippen molar-refractivity contribution in [2.75, 3.05) is 24.5 Å². The summed E-state index contributed by atoms with van der Waals surface area (Å²) >= 11 is 1.26. The maximum absolute atomic E-state index is 13.2. The molecule has 2 aromatic carbocycles. The largest absolute Gasteiger partial charge is 0.416 e. The summed E-state index contributed by atoms with van der Waals surface area (Å²) in [6.07, 6.45) is -0.917. The molecule has 0 radical (unpaired) electrons. The van der Waals surface area contributed by atoms with Gasteiger partial charge in [0.25, 0.3) is 5.91 Å². The minimum atomic E-state index is -4.41. The minimum Gasteiger partial charge on any atom is -0.341 e. The van der Waals surface area contributed by atoms with Gasteiger partial charge < -0.3 is 4.90 Å². The fourth-order valence-electron chi connectivity index (χ4n) is 3.54.